The van der Waals surface area contributed by atoms with Gasteiger partial charge in [0, 0.05) is 13.2 Å². The van der Waals surface area contributed by atoms with Crippen molar-refractivity contribution in [2.45, 2.75) is 13.3 Å². The first-order chi connectivity index (χ1) is 10.6. The number of aliphatic imine (C=N–C) groups is 1. The molecule has 0 aliphatic carbocycles. The second-order valence-electron chi connectivity index (χ2n) is 4.82. The molecule has 0 radical (unpaired) electrons. The van der Waals surface area contributed by atoms with Crippen molar-refractivity contribution in [3.8, 4) is 0 Å². The minimum absolute atomic E-state index is 0.197. The van der Waals surface area contributed by atoms with E-state index in [9.17, 15) is 4.79 Å². The van der Waals surface area contributed by atoms with E-state index in [0.29, 0.717) is 31.2 Å². The van der Waals surface area contributed by atoms with Crippen molar-refractivity contribution >= 4 is 23.3 Å². The van der Waals surface area contributed by atoms with Gasteiger partial charge in [-0.25, -0.2) is 4.99 Å². The van der Waals surface area contributed by atoms with Gasteiger partial charge in [0.25, 0.3) is 11.9 Å². The van der Waals surface area contributed by atoms with Crippen LogP contribution in [0.15, 0.2) is 22.5 Å². The Kier molecular flexibility index (Phi) is 9.45. The van der Waals surface area contributed by atoms with Crippen LogP contribution in [-0.2, 0) is 9.47 Å². The average molecular weight is 327 g/mol. The number of rotatable bonds is 9. The lowest BCUT2D eigenvalue weighted by Crippen LogP contribution is -2.33. The second-order valence-corrected chi connectivity index (χ2v) is 5.77. The highest BCUT2D eigenvalue weighted by atomic mass is 32.1. The number of thiophene rings is 1. The zero-order chi connectivity index (χ0) is 16.2. The van der Waals surface area contributed by atoms with Crippen LogP contribution >= 0.6 is 11.3 Å². The molecule has 1 heterocycles. The summed E-state index contributed by atoms with van der Waals surface area (Å²) in [6, 6.07) is 3.87. The Labute approximate surface area is 136 Å². The third-order valence-corrected chi connectivity index (χ3v) is 3.52. The van der Waals surface area contributed by atoms with Crippen molar-refractivity contribution in [3.05, 3.63) is 22.4 Å². The van der Waals surface area contributed by atoms with Gasteiger partial charge in [0.2, 0.25) is 0 Å². The van der Waals surface area contributed by atoms with E-state index in [1.54, 1.807) is 6.07 Å². The van der Waals surface area contributed by atoms with Crippen LogP contribution in [0, 0.1) is 0 Å². The van der Waals surface area contributed by atoms with Crippen LogP contribution in [0.5, 0.6) is 0 Å². The summed E-state index contributed by atoms with van der Waals surface area (Å²) in [6.07, 6.45) is 0.903. The van der Waals surface area contributed by atoms with E-state index in [-0.39, 0.29) is 11.9 Å². The highest BCUT2D eigenvalue weighted by Gasteiger charge is 2.10. The SMILES string of the molecule is CCOCCOC(=NCCCN(C)C)NC(=O)c1cccs1. The van der Waals surface area contributed by atoms with Gasteiger partial charge in [-0.1, -0.05) is 6.07 Å². The molecule has 0 spiro atoms. The molecule has 0 aliphatic rings. The molecular formula is C15H25N3O3S. The van der Waals surface area contributed by atoms with Crippen molar-refractivity contribution in [1.82, 2.24) is 10.2 Å². The number of amidine groups is 1. The van der Waals surface area contributed by atoms with E-state index < -0.39 is 0 Å². The maximum absolute atomic E-state index is 12.0. The quantitative estimate of drug-likeness (QED) is 0.427. The van der Waals surface area contributed by atoms with Crippen molar-refractivity contribution in [3.63, 3.8) is 0 Å². The molecule has 7 heteroatoms. The molecule has 22 heavy (non-hydrogen) atoms. The van der Waals surface area contributed by atoms with E-state index in [0.717, 1.165) is 13.0 Å². The maximum atomic E-state index is 12.0. The smallest absolute Gasteiger partial charge is 0.291 e. The Morgan fingerprint density at radius 1 is 1.41 bits per heavy atom. The van der Waals surface area contributed by atoms with Crippen LogP contribution in [0.25, 0.3) is 0 Å². The van der Waals surface area contributed by atoms with Crippen LogP contribution in [-0.4, -0.2) is 63.8 Å². The predicted octanol–water partition coefficient (Wildman–Crippen LogP) is 1.84. The topological polar surface area (TPSA) is 63.2 Å². The fraction of sp³-hybridized carbons (Fsp3) is 0.600. The monoisotopic (exact) mass is 327 g/mol. The highest BCUT2D eigenvalue weighted by Crippen LogP contribution is 2.07. The number of hydrogen-bond donors (Lipinski definition) is 1. The number of carbonyl (C=O) groups excluding carboxylic acids is 1. The summed E-state index contributed by atoms with van der Waals surface area (Å²) < 4.78 is 10.7. The molecule has 6 nitrogen and oxygen atoms in total. The summed E-state index contributed by atoms with van der Waals surface area (Å²) in [7, 11) is 4.03. The summed E-state index contributed by atoms with van der Waals surface area (Å²) in [5, 5.41) is 4.57. The largest absolute Gasteiger partial charge is 0.463 e. The molecular weight excluding hydrogens is 302 g/mol. The number of amides is 1. The molecule has 0 fully saturated rings. The zero-order valence-corrected chi connectivity index (χ0v) is 14.3. The summed E-state index contributed by atoms with van der Waals surface area (Å²) in [5.74, 6) is -0.197. The minimum atomic E-state index is -0.197. The van der Waals surface area contributed by atoms with Crippen molar-refractivity contribution in [1.29, 1.82) is 0 Å². The molecule has 124 valence electrons. The Morgan fingerprint density at radius 3 is 2.86 bits per heavy atom. The highest BCUT2D eigenvalue weighted by molar-refractivity contribution is 7.12. The fourth-order valence-electron chi connectivity index (χ4n) is 1.60. The van der Waals surface area contributed by atoms with Crippen LogP contribution < -0.4 is 5.32 Å². The molecule has 0 atom stereocenters. The first-order valence-corrected chi connectivity index (χ1v) is 8.26. The zero-order valence-electron chi connectivity index (χ0n) is 13.5. The summed E-state index contributed by atoms with van der Waals surface area (Å²) in [5.41, 5.74) is 0. The van der Waals surface area contributed by atoms with Gasteiger partial charge in [0.05, 0.1) is 11.5 Å². The maximum Gasteiger partial charge on any atom is 0.291 e. The van der Waals surface area contributed by atoms with Crippen LogP contribution in [0.3, 0.4) is 0 Å². The average Bonchev–Trinajstić information content (AvgIpc) is 3.01. The molecule has 1 amide bonds. The lowest BCUT2D eigenvalue weighted by Gasteiger charge is -2.11. The minimum Gasteiger partial charge on any atom is -0.463 e. The number of nitrogens with zero attached hydrogens (tertiary/aromatic N) is 2. The van der Waals surface area contributed by atoms with Gasteiger partial charge in [0.1, 0.15) is 6.61 Å². The second kappa shape index (κ2) is 11.2. The standard InChI is InChI=1S/C15H25N3O3S/c1-4-20-10-11-21-15(16-8-6-9-18(2)3)17-14(19)13-7-5-12-22-13/h5,7,12H,4,6,8-11H2,1-3H3,(H,16,17,19). The Morgan fingerprint density at radius 2 is 2.23 bits per heavy atom. The van der Waals surface area contributed by atoms with E-state index in [4.69, 9.17) is 9.47 Å². The van der Waals surface area contributed by atoms with E-state index in [2.05, 4.69) is 15.2 Å². The number of hydrogen-bond acceptors (Lipinski definition) is 6. The van der Waals surface area contributed by atoms with Crippen LogP contribution in [0.4, 0.5) is 0 Å². The molecule has 1 aromatic heterocycles. The molecule has 0 aromatic carbocycles. The van der Waals surface area contributed by atoms with E-state index in [1.165, 1.54) is 11.3 Å². The molecule has 1 rings (SSSR count). The van der Waals surface area contributed by atoms with E-state index >= 15 is 0 Å². The van der Waals surface area contributed by atoms with Crippen LogP contribution in [0.2, 0.25) is 0 Å². The molecule has 0 bridgehead atoms. The molecule has 0 unspecified atom stereocenters. The number of nitrogens with one attached hydrogen (secondary N) is 1. The third kappa shape index (κ3) is 8.11. The van der Waals surface area contributed by atoms with Crippen molar-refractivity contribution in [2.24, 2.45) is 4.99 Å². The fourth-order valence-corrected chi connectivity index (χ4v) is 2.22. The lowest BCUT2D eigenvalue weighted by molar-refractivity contribution is 0.0925. The first-order valence-electron chi connectivity index (χ1n) is 7.38. The van der Waals surface area contributed by atoms with Crippen LogP contribution in [0.1, 0.15) is 23.0 Å². The predicted molar refractivity (Wildman–Crippen MR) is 89.7 cm³/mol. The van der Waals surface area contributed by atoms with Gasteiger partial charge in [-0.2, -0.15) is 0 Å². The lowest BCUT2D eigenvalue weighted by atomic mass is 10.4. The normalized spacial score (nSPS) is 11.7. The summed E-state index contributed by atoms with van der Waals surface area (Å²) in [4.78, 5) is 19.1. The van der Waals surface area contributed by atoms with Gasteiger partial charge in [-0.3, -0.25) is 10.1 Å². The molecule has 0 saturated carbocycles. The van der Waals surface area contributed by atoms with Gasteiger partial charge in [-0.15, -0.1) is 11.3 Å². The van der Waals surface area contributed by atoms with Gasteiger partial charge in [0.15, 0.2) is 0 Å². The van der Waals surface area contributed by atoms with Gasteiger partial charge >= 0.3 is 0 Å². The van der Waals surface area contributed by atoms with Gasteiger partial charge in [-0.05, 0) is 45.4 Å². The van der Waals surface area contributed by atoms with Crippen molar-refractivity contribution < 1.29 is 14.3 Å². The number of carbonyl (C=O) groups is 1. The Balaban J connectivity index is 2.48. The molecule has 1 aromatic rings. The third-order valence-electron chi connectivity index (χ3n) is 2.65. The number of ether oxygens (including phenoxy) is 2. The summed E-state index contributed by atoms with van der Waals surface area (Å²) in [6.45, 7) is 4.95. The molecule has 1 N–H and O–H groups in total. The first kappa shape index (κ1) is 18.6. The van der Waals surface area contributed by atoms with Gasteiger partial charge < -0.3 is 14.4 Å². The Bertz CT molecular complexity index is 447. The van der Waals surface area contributed by atoms with E-state index in [1.807, 2.05) is 32.5 Å². The Hall–Kier alpha value is -1.44. The van der Waals surface area contributed by atoms with Crippen molar-refractivity contribution in [2.75, 3.05) is 47.0 Å². The molecule has 0 aliphatic heterocycles. The summed E-state index contributed by atoms with van der Waals surface area (Å²) >= 11 is 1.38. The molecule has 0 saturated heterocycles.